The van der Waals surface area contributed by atoms with E-state index in [2.05, 4.69) is 19.9 Å². The molecule has 3 heterocycles. The third kappa shape index (κ3) is 2.50. The maximum Gasteiger partial charge on any atom is 0.264 e. The second-order valence-electron chi connectivity index (χ2n) is 6.04. The van der Waals surface area contributed by atoms with E-state index in [-0.39, 0.29) is 5.56 Å². The fourth-order valence-electron chi connectivity index (χ4n) is 3.06. The third-order valence-electron chi connectivity index (χ3n) is 4.30. The fraction of sp³-hybridized carbons (Fsp3) is 0.294. The van der Waals surface area contributed by atoms with Gasteiger partial charge in [-0.15, -0.1) is 0 Å². The van der Waals surface area contributed by atoms with E-state index in [4.69, 9.17) is 12.2 Å². The lowest BCUT2D eigenvalue weighted by molar-refractivity contribution is 0.890. The van der Waals surface area contributed by atoms with Gasteiger partial charge < -0.3 is 4.90 Å². The molecule has 0 unspecified atom stereocenters. The molecular formula is C17H17N5OS. The molecule has 1 saturated heterocycles. The molecule has 122 valence electrons. The SMILES string of the molecule is Cc1cccc(-n2cnc3nc(N4CCCC4)[nH]c(=O)c3c2=S)c1. The first kappa shape index (κ1) is 15.0. The molecule has 0 amide bonds. The number of aromatic amines is 1. The van der Waals surface area contributed by atoms with Gasteiger partial charge in [0.1, 0.15) is 16.4 Å². The summed E-state index contributed by atoms with van der Waals surface area (Å²) in [4.78, 5) is 26.4. The minimum absolute atomic E-state index is 0.235. The highest BCUT2D eigenvalue weighted by molar-refractivity contribution is 7.71. The lowest BCUT2D eigenvalue weighted by Crippen LogP contribution is -2.24. The summed E-state index contributed by atoms with van der Waals surface area (Å²) in [7, 11) is 0. The van der Waals surface area contributed by atoms with Crippen molar-refractivity contribution in [1.82, 2.24) is 19.5 Å². The number of anilines is 1. The minimum atomic E-state index is -0.235. The highest BCUT2D eigenvalue weighted by Crippen LogP contribution is 2.18. The van der Waals surface area contributed by atoms with Gasteiger partial charge in [-0.25, -0.2) is 4.98 Å². The smallest absolute Gasteiger partial charge is 0.264 e. The first-order valence-corrected chi connectivity index (χ1v) is 8.38. The Morgan fingerprint density at radius 2 is 2.04 bits per heavy atom. The van der Waals surface area contributed by atoms with Crippen molar-refractivity contribution in [2.45, 2.75) is 19.8 Å². The fourth-order valence-corrected chi connectivity index (χ4v) is 3.40. The molecule has 3 aromatic rings. The Morgan fingerprint density at radius 1 is 1.25 bits per heavy atom. The van der Waals surface area contributed by atoms with E-state index in [0.717, 1.165) is 37.2 Å². The van der Waals surface area contributed by atoms with Crippen molar-refractivity contribution in [2.75, 3.05) is 18.0 Å². The van der Waals surface area contributed by atoms with E-state index in [1.807, 2.05) is 31.2 Å². The Hall–Kier alpha value is -2.54. The van der Waals surface area contributed by atoms with Crippen LogP contribution in [0.15, 0.2) is 35.4 Å². The number of fused-ring (bicyclic) bond motifs is 1. The molecule has 1 aliphatic rings. The maximum absolute atomic E-state index is 12.6. The van der Waals surface area contributed by atoms with E-state index in [1.165, 1.54) is 0 Å². The molecule has 6 nitrogen and oxygen atoms in total. The van der Waals surface area contributed by atoms with E-state index in [0.29, 0.717) is 21.6 Å². The molecule has 0 radical (unpaired) electrons. The molecule has 0 saturated carbocycles. The molecule has 1 aliphatic heterocycles. The van der Waals surface area contributed by atoms with Crippen molar-refractivity contribution in [3.8, 4) is 5.69 Å². The highest BCUT2D eigenvalue weighted by Gasteiger charge is 2.17. The molecule has 1 fully saturated rings. The van der Waals surface area contributed by atoms with Crippen molar-refractivity contribution in [2.24, 2.45) is 0 Å². The van der Waals surface area contributed by atoms with Crippen LogP contribution in [0.2, 0.25) is 0 Å². The van der Waals surface area contributed by atoms with Gasteiger partial charge in [0.15, 0.2) is 5.65 Å². The van der Waals surface area contributed by atoms with E-state index in [9.17, 15) is 4.79 Å². The zero-order chi connectivity index (χ0) is 16.7. The van der Waals surface area contributed by atoms with Crippen LogP contribution in [-0.2, 0) is 0 Å². The van der Waals surface area contributed by atoms with Crippen molar-refractivity contribution >= 4 is 29.2 Å². The zero-order valence-electron chi connectivity index (χ0n) is 13.3. The maximum atomic E-state index is 12.6. The van der Waals surface area contributed by atoms with Crippen molar-refractivity contribution in [3.63, 3.8) is 0 Å². The second-order valence-corrected chi connectivity index (χ2v) is 6.43. The summed E-state index contributed by atoms with van der Waals surface area (Å²) in [5.74, 6) is 0.584. The van der Waals surface area contributed by atoms with E-state index in [1.54, 1.807) is 10.9 Å². The lowest BCUT2D eigenvalue weighted by Gasteiger charge is -2.16. The number of hydrogen-bond donors (Lipinski definition) is 1. The van der Waals surface area contributed by atoms with Crippen molar-refractivity contribution < 1.29 is 0 Å². The number of aryl methyl sites for hydroxylation is 1. The quantitative estimate of drug-likeness (QED) is 0.727. The first-order valence-electron chi connectivity index (χ1n) is 7.97. The van der Waals surface area contributed by atoms with Gasteiger partial charge in [0.05, 0.1) is 0 Å². The largest absolute Gasteiger partial charge is 0.342 e. The van der Waals surface area contributed by atoms with Gasteiger partial charge in [0, 0.05) is 18.8 Å². The van der Waals surface area contributed by atoms with Gasteiger partial charge >= 0.3 is 0 Å². The standard InChI is InChI=1S/C17H17N5OS/c1-11-5-4-6-12(9-11)22-10-18-14-13(16(22)24)15(23)20-17(19-14)21-7-2-3-8-21/h4-6,9-10H,2-3,7-8H2,1H3,(H,19,20,23). The molecule has 4 rings (SSSR count). The zero-order valence-corrected chi connectivity index (χ0v) is 14.1. The topological polar surface area (TPSA) is 66.8 Å². The Bertz CT molecular complexity index is 1030. The number of rotatable bonds is 2. The van der Waals surface area contributed by atoms with Crippen molar-refractivity contribution in [3.05, 3.63) is 51.2 Å². The number of benzene rings is 1. The summed E-state index contributed by atoms with van der Waals surface area (Å²) < 4.78 is 2.17. The van der Waals surface area contributed by atoms with Gasteiger partial charge in [-0.3, -0.25) is 14.3 Å². The Morgan fingerprint density at radius 3 is 2.79 bits per heavy atom. The van der Waals surface area contributed by atoms with Crippen LogP contribution in [0, 0.1) is 11.6 Å². The van der Waals surface area contributed by atoms with Crippen LogP contribution in [0.5, 0.6) is 0 Å². The molecule has 0 spiro atoms. The average molecular weight is 339 g/mol. The van der Waals surface area contributed by atoms with Gasteiger partial charge in [0.2, 0.25) is 5.95 Å². The van der Waals surface area contributed by atoms with Crippen LogP contribution in [-0.4, -0.2) is 32.6 Å². The summed E-state index contributed by atoms with van der Waals surface area (Å²) in [5.41, 5.74) is 2.17. The monoisotopic (exact) mass is 339 g/mol. The van der Waals surface area contributed by atoms with Crippen LogP contribution in [0.25, 0.3) is 16.7 Å². The van der Waals surface area contributed by atoms with Crippen LogP contribution in [0.1, 0.15) is 18.4 Å². The van der Waals surface area contributed by atoms with Gasteiger partial charge in [-0.1, -0.05) is 24.4 Å². The van der Waals surface area contributed by atoms with Gasteiger partial charge in [-0.05, 0) is 37.5 Å². The summed E-state index contributed by atoms with van der Waals surface area (Å²) in [5, 5.41) is 0.358. The van der Waals surface area contributed by atoms with Crippen molar-refractivity contribution in [1.29, 1.82) is 0 Å². The Labute approximate surface area is 143 Å². The molecule has 0 bridgehead atoms. The molecular weight excluding hydrogens is 322 g/mol. The van der Waals surface area contributed by atoms with Crippen LogP contribution >= 0.6 is 12.2 Å². The van der Waals surface area contributed by atoms with Gasteiger partial charge in [0.25, 0.3) is 5.56 Å². The Kier molecular flexibility index (Phi) is 3.65. The first-order chi connectivity index (χ1) is 11.6. The lowest BCUT2D eigenvalue weighted by atomic mass is 10.2. The summed E-state index contributed by atoms with van der Waals surface area (Å²) in [6.07, 6.45) is 3.87. The molecule has 0 aliphatic carbocycles. The number of nitrogens with one attached hydrogen (secondary N) is 1. The van der Waals surface area contributed by atoms with Crippen LogP contribution < -0.4 is 10.5 Å². The normalized spacial score (nSPS) is 14.5. The summed E-state index contributed by atoms with van der Waals surface area (Å²) >= 11 is 5.53. The number of H-pyrrole nitrogens is 1. The molecule has 2 aromatic heterocycles. The predicted molar refractivity (Wildman–Crippen MR) is 96.5 cm³/mol. The number of aromatic nitrogens is 4. The van der Waals surface area contributed by atoms with Crippen LogP contribution in [0.4, 0.5) is 5.95 Å². The second kappa shape index (κ2) is 5.83. The van der Waals surface area contributed by atoms with Crippen LogP contribution in [0.3, 0.4) is 0 Å². The van der Waals surface area contributed by atoms with E-state index < -0.39 is 0 Å². The molecule has 1 aromatic carbocycles. The molecule has 1 N–H and O–H groups in total. The Balaban J connectivity index is 1.90. The number of hydrogen-bond acceptors (Lipinski definition) is 5. The minimum Gasteiger partial charge on any atom is -0.342 e. The summed E-state index contributed by atoms with van der Waals surface area (Å²) in [6.45, 7) is 3.83. The predicted octanol–water partition coefficient (Wildman–Crippen LogP) is 2.75. The highest BCUT2D eigenvalue weighted by atomic mass is 32.1. The molecule has 24 heavy (non-hydrogen) atoms. The van der Waals surface area contributed by atoms with Gasteiger partial charge in [-0.2, -0.15) is 4.98 Å². The third-order valence-corrected chi connectivity index (χ3v) is 4.70. The summed E-state index contributed by atoms with van der Waals surface area (Å²) in [6, 6.07) is 7.91. The van der Waals surface area contributed by atoms with E-state index >= 15 is 0 Å². The molecule has 0 atom stereocenters. The molecule has 7 heteroatoms. The average Bonchev–Trinajstić information content (AvgIpc) is 3.09. The number of nitrogens with zero attached hydrogens (tertiary/aromatic N) is 4.